The Morgan fingerprint density at radius 1 is 0.636 bits per heavy atom. The fraction of sp³-hybridized carbons (Fsp3) is 1.00. The third kappa shape index (κ3) is 3.20. The summed E-state index contributed by atoms with van der Waals surface area (Å²) in [5.74, 6) is 0. The maximum absolute atomic E-state index is 6.27. The quantitative estimate of drug-likeness (QED) is 0.605. The van der Waals surface area contributed by atoms with Crippen LogP contribution in [0.5, 0.6) is 0 Å². The van der Waals surface area contributed by atoms with Gasteiger partial charge in [0.25, 0.3) is 0 Å². The molecule has 3 fully saturated rings. The van der Waals surface area contributed by atoms with Gasteiger partial charge in [0.1, 0.15) is 16.8 Å². The number of ether oxygens (including phenoxy) is 3. The second-order valence-corrected chi connectivity index (χ2v) is 7.58. The molecule has 3 heterocycles. The van der Waals surface area contributed by atoms with Crippen LogP contribution in [-0.2, 0) is 27.8 Å². The Morgan fingerprint density at radius 2 is 0.909 bits per heavy atom. The molecule has 3 saturated heterocycles. The molecule has 0 atom stereocenters. The third-order valence-corrected chi connectivity index (χ3v) is 6.54. The van der Waals surface area contributed by atoms with Crippen molar-refractivity contribution in [2.45, 2.75) is 56.8 Å². The van der Waals surface area contributed by atoms with E-state index in [1.807, 2.05) is 0 Å². The topological polar surface area (TPSA) is 55.4 Å². The van der Waals surface area contributed by atoms with E-state index in [2.05, 4.69) is 20.8 Å². The van der Waals surface area contributed by atoms with Gasteiger partial charge in [-0.15, -0.1) is 0 Å². The van der Waals surface area contributed by atoms with Gasteiger partial charge in [0.15, 0.2) is 0 Å². The monoisotopic (exact) mass is 334 g/mol. The average Bonchev–Trinajstić information content (AvgIpc) is 2.41. The van der Waals surface area contributed by atoms with Crippen molar-refractivity contribution in [3.8, 4) is 0 Å². The molecule has 0 spiro atoms. The maximum Gasteiger partial charge on any atom is 0.334 e. The van der Waals surface area contributed by atoms with Crippen molar-refractivity contribution >= 4 is 8.60 Å². The minimum Gasteiger partial charge on any atom is -0.375 e. The van der Waals surface area contributed by atoms with E-state index in [0.29, 0.717) is 39.6 Å². The molecule has 3 aliphatic heterocycles. The minimum absolute atomic E-state index is 0.259. The Morgan fingerprint density at radius 3 is 1.05 bits per heavy atom. The van der Waals surface area contributed by atoms with Gasteiger partial charge in [-0.3, -0.25) is 0 Å². The van der Waals surface area contributed by atoms with Gasteiger partial charge in [0.2, 0.25) is 0 Å². The molecular formula is C15H27O6P. The highest BCUT2D eigenvalue weighted by Gasteiger charge is 2.50. The largest absolute Gasteiger partial charge is 0.375 e. The fourth-order valence-electron chi connectivity index (χ4n) is 2.48. The number of hydrogen-bond donors (Lipinski definition) is 0. The van der Waals surface area contributed by atoms with E-state index in [1.54, 1.807) is 0 Å². The molecule has 0 bridgehead atoms. The zero-order chi connectivity index (χ0) is 15.7. The van der Waals surface area contributed by atoms with Crippen molar-refractivity contribution in [3.63, 3.8) is 0 Å². The highest BCUT2D eigenvalue weighted by Crippen LogP contribution is 2.55. The Balaban J connectivity index is 1.67. The van der Waals surface area contributed by atoms with Crippen molar-refractivity contribution in [2.75, 3.05) is 39.6 Å². The van der Waals surface area contributed by atoms with E-state index in [1.165, 1.54) is 0 Å². The Hall–Kier alpha value is 0.190. The van der Waals surface area contributed by atoms with Crippen LogP contribution in [0.15, 0.2) is 0 Å². The van der Waals surface area contributed by atoms with Crippen LogP contribution in [0.1, 0.15) is 40.0 Å². The summed E-state index contributed by atoms with van der Waals surface area (Å²) in [5.41, 5.74) is -0.777. The molecule has 0 radical (unpaired) electrons. The summed E-state index contributed by atoms with van der Waals surface area (Å²) in [4.78, 5) is 0. The minimum atomic E-state index is -1.45. The van der Waals surface area contributed by atoms with Gasteiger partial charge in [-0.05, 0) is 19.3 Å². The molecule has 128 valence electrons. The second kappa shape index (κ2) is 6.60. The first kappa shape index (κ1) is 17.0. The Labute approximate surface area is 133 Å². The van der Waals surface area contributed by atoms with Crippen LogP contribution in [0.3, 0.4) is 0 Å². The first-order valence-corrected chi connectivity index (χ1v) is 9.29. The molecule has 0 unspecified atom stereocenters. The molecule has 3 rings (SSSR count). The van der Waals surface area contributed by atoms with E-state index in [0.717, 1.165) is 19.3 Å². The Kier molecular flexibility index (Phi) is 5.10. The smallest absolute Gasteiger partial charge is 0.334 e. The third-order valence-electron chi connectivity index (χ3n) is 4.93. The first-order chi connectivity index (χ1) is 10.6. The lowest BCUT2D eigenvalue weighted by Crippen LogP contribution is -2.55. The molecule has 0 aromatic rings. The van der Waals surface area contributed by atoms with Gasteiger partial charge in [-0.1, -0.05) is 20.8 Å². The molecule has 0 amide bonds. The van der Waals surface area contributed by atoms with Gasteiger partial charge in [0.05, 0.1) is 39.6 Å². The van der Waals surface area contributed by atoms with E-state index >= 15 is 0 Å². The highest BCUT2D eigenvalue weighted by molar-refractivity contribution is 7.41. The highest BCUT2D eigenvalue weighted by atomic mass is 31.2. The van der Waals surface area contributed by atoms with Crippen molar-refractivity contribution in [2.24, 2.45) is 0 Å². The van der Waals surface area contributed by atoms with E-state index in [9.17, 15) is 0 Å². The molecule has 0 saturated carbocycles. The van der Waals surface area contributed by atoms with Crippen LogP contribution in [0.4, 0.5) is 0 Å². The lowest BCUT2D eigenvalue weighted by molar-refractivity contribution is -0.217. The predicted octanol–water partition coefficient (Wildman–Crippen LogP) is 2.80. The van der Waals surface area contributed by atoms with Crippen LogP contribution in [0, 0.1) is 0 Å². The van der Waals surface area contributed by atoms with Crippen molar-refractivity contribution in [1.29, 1.82) is 0 Å². The van der Waals surface area contributed by atoms with Crippen molar-refractivity contribution in [3.05, 3.63) is 0 Å². The van der Waals surface area contributed by atoms with E-state index in [4.69, 9.17) is 27.8 Å². The standard InChI is InChI=1S/C15H27O6P/c1-4-13(7-16-8-13)19-22(20-14(5-2)9-17-10-14)21-15(6-3)11-18-12-15/h4-12H2,1-3H3. The maximum atomic E-state index is 6.27. The molecule has 0 aliphatic carbocycles. The molecule has 0 aromatic heterocycles. The zero-order valence-corrected chi connectivity index (χ0v) is 14.7. The molecule has 3 aliphatic rings. The Bertz CT molecular complexity index is 305. The van der Waals surface area contributed by atoms with E-state index in [-0.39, 0.29) is 16.8 Å². The van der Waals surface area contributed by atoms with Crippen LogP contribution in [0.2, 0.25) is 0 Å². The van der Waals surface area contributed by atoms with Gasteiger partial charge in [0, 0.05) is 0 Å². The summed E-state index contributed by atoms with van der Waals surface area (Å²) < 4.78 is 34.9. The first-order valence-electron chi connectivity index (χ1n) is 8.20. The summed E-state index contributed by atoms with van der Waals surface area (Å²) >= 11 is 0. The number of hydrogen-bond acceptors (Lipinski definition) is 6. The van der Waals surface area contributed by atoms with Crippen LogP contribution < -0.4 is 0 Å². The average molecular weight is 334 g/mol. The SMILES string of the molecule is CCC1(OP(OC2(CC)COC2)OC2(CC)COC2)COC1. The van der Waals surface area contributed by atoms with Gasteiger partial charge >= 0.3 is 8.60 Å². The molecule has 22 heavy (non-hydrogen) atoms. The summed E-state index contributed by atoms with van der Waals surface area (Å²) in [7, 11) is -1.45. The van der Waals surface area contributed by atoms with Crippen LogP contribution in [-0.4, -0.2) is 56.4 Å². The summed E-state index contributed by atoms with van der Waals surface area (Å²) in [6.45, 7) is 10.0. The summed E-state index contributed by atoms with van der Waals surface area (Å²) in [5, 5.41) is 0. The second-order valence-electron chi connectivity index (χ2n) is 6.59. The van der Waals surface area contributed by atoms with Crippen molar-refractivity contribution < 1.29 is 27.8 Å². The van der Waals surface area contributed by atoms with Gasteiger partial charge in [-0.25, -0.2) is 0 Å². The van der Waals surface area contributed by atoms with Crippen LogP contribution >= 0.6 is 8.60 Å². The zero-order valence-electron chi connectivity index (χ0n) is 13.8. The predicted molar refractivity (Wildman–Crippen MR) is 81.7 cm³/mol. The fourth-order valence-corrected chi connectivity index (χ4v) is 4.25. The molecule has 7 heteroatoms. The summed E-state index contributed by atoms with van der Waals surface area (Å²) in [6, 6.07) is 0. The van der Waals surface area contributed by atoms with Crippen molar-refractivity contribution in [1.82, 2.24) is 0 Å². The lowest BCUT2D eigenvalue weighted by Gasteiger charge is -2.49. The lowest BCUT2D eigenvalue weighted by atomic mass is 10.00. The van der Waals surface area contributed by atoms with Gasteiger partial charge < -0.3 is 27.8 Å². The molecule has 6 nitrogen and oxygen atoms in total. The summed E-state index contributed by atoms with van der Waals surface area (Å²) in [6.07, 6.45) is 2.68. The molecule has 0 N–H and O–H groups in total. The molecular weight excluding hydrogens is 307 g/mol. The molecule has 0 aromatic carbocycles. The number of rotatable bonds is 9. The normalized spacial score (nSPS) is 27.8. The van der Waals surface area contributed by atoms with Crippen LogP contribution in [0.25, 0.3) is 0 Å². The van der Waals surface area contributed by atoms with Gasteiger partial charge in [-0.2, -0.15) is 0 Å². The van der Waals surface area contributed by atoms with E-state index < -0.39 is 8.60 Å².